The van der Waals surface area contributed by atoms with Gasteiger partial charge in [-0.05, 0) is 24.3 Å². The molecule has 4 nitrogen and oxygen atoms in total. The molecule has 2 aromatic heterocycles. The van der Waals surface area contributed by atoms with Crippen molar-refractivity contribution in [3.63, 3.8) is 0 Å². The first kappa shape index (κ1) is 17.6. The van der Waals surface area contributed by atoms with Gasteiger partial charge in [0.05, 0.1) is 12.3 Å². The van der Waals surface area contributed by atoms with E-state index in [-0.39, 0.29) is 5.69 Å². The van der Waals surface area contributed by atoms with E-state index in [1.807, 2.05) is 40.3 Å². The van der Waals surface area contributed by atoms with Crippen LogP contribution in [-0.2, 0) is 11.3 Å². The maximum atomic E-state index is 14.0. The summed E-state index contributed by atoms with van der Waals surface area (Å²) in [5.41, 5.74) is 1.70. The quantitative estimate of drug-likeness (QED) is 0.478. The summed E-state index contributed by atoms with van der Waals surface area (Å²) in [6.45, 7) is 0.983. The van der Waals surface area contributed by atoms with Gasteiger partial charge in [-0.1, -0.05) is 18.2 Å². The van der Waals surface area contributed by atoms with Gasteiger partial charge >= 0.3 is 0 Å². The molecule has 7 heteroatoms. The Kier molecular flexibility index (Phi) is 4.87. The second-order valence-corrected chi connectivity index (χ2v) is 6.74. The van der Waals surface area contributed by atoms with Crippen molar-refractivity contribution in [2.24, 2.45) is 4.99 Å². The van der Waals surface area contributed by atoms with E-state index in [1.165, 1.54) is 23.5 Å². The fraction of sp³-hybridized carbons (Fsp3) is 0.150. The fourth-order valence-corrected chi connectivity index (χ4v) is 3.73. The number of aromatic nitrogens is 1. The highest BCUT2D eigenvalue weighted by atomic mass is 32.1. The Labute approximate surface area is 158 Å². The third-order valence-corrected chi connectivity index (χ3v) is 4.98. The first-order chi connectivity index (χ1) is 13.2. The summed E-state index contributed by atoms with van der Waals surface area (Å²) in [7, 11) is 1.62. The van der Waals surface area contributed by atoms with Gasteiger partial charge in [-0.2, -0.15) is 0 Å². The minimum atomic E-state index is -0.702. The maximum absolute atomic E-state index is 14.0. The van der Waals surface area contributed by atoms with Gasteiger partial charge in [-0.3, -0.25) is 0 Å². The Hall–Kier alpha value is -2.77. The van der Waals surface area contributed by atoms with Crippen molar-refractivity contribution in [1.82, 2.24) is 4.57 Å². The largest absolute Gasteiger partial charge is 0.454 e. The number of halogens is 2. The van der Waals surface area contributed by atoms with Crippen LogP contribution in [0.3, 0.4) is 0 Å². The van der Waals surface area contributed by atoms with E-state index < -0.39 is 11.6 Å². The molecule has 0 N–H and O–H groups in total. The lowest BCUT2D eigenvalue weighted by molar-refractivity contribution is 0.187. The van der Waals surface area contributed by atoms with E-state index in [0.717, 1.165) is 22.7 Å². The standard InChI is InChI=1S/C20H16F2N2O2S/c1-25-9-8-24-17(19-10-13-4-2-3-5-18(13)26-19)12-27-20(24)23-16-7-6-14(21)11-15(16)22/h2-7,10-12H,8-9H2,1H3. The van der Waals surface area contributed by atoms with E-state index in [4.69, 9.17) is 9.15 Å². The van der Waals surface area contributed by atoms with Crippen molar-refractivity contribution >= 4 is 28.0 Å². The Morgan fingerprint density at radius 3 is 2.78 bits per heavy atom. The monoisotopic (exact) mass is 386 g/mol. The van der Waals surface area contributed by atoms with Gasteiger partial charge in [0.15, 0.2) is 16.4 Å². The first-order valence-corrected chi connectivity index (χ1v) is 9.19. The van der Waals surface area contributed by atoms with Crippen molar-refractivity contribution < 1.29 is 17.9 Å². The average Bonchev–Trinajstić information content (AvgIpc) is 3.25. The summed E-state index contributed by atoms with van der Waals surface area (Å²) < 4.78 is 40.2. The summed E-state index contributed by atoms with van der Waals surface area (Å²) in [6.07, 6.45) is 0. The molecule has 2 heterocycles. The average molecular weight is 386 g/mol. The van der Waals surface area contributed by atoms with Gasteiger partial charge in [-0.15, -0.1) is 11.3 Å². The summed E-state index contributed by atoms with van der Waals surface area (Å²) in [4.78, 5) is 4.95. The van der Waals surface area contributed by atoms with Crippen LogP contribution in [0.5, 0.6) is 0 Å². The SMILES string of the molecule is COCCn1c(-c2cc3ccccc3o2)csc1=Nc1ccc(F)cc1F. The smallest absolute Gasteiger partial charge is 0.190 e. The highest BCUT2D eigenvalue weighted by molar-refractivity contribution is 7.07. The van der Waals surface area contributed by atoms with Crippen molar-refractivity contribution in [2.45, 2.75) is 6.54 Å². The molecule has 0 spiro atoms. The van der Waals surface area contributed by atoms with E-state index in [1.54, 1.807) is 7.11 Å². The van der Waals surface area contributed by atoms with Crippen molar-refractivity contribution in [2.75, 3.05) is 13.7 Å². The van der Waals surface area contributed by atoms with Crippen molar-refractivity contribution in [3.8, 4) is 11.5 Å². The van der Waals surface area contributed by atoms with Gasteiger partial charge in [0.25, 0.3) is 0 Å². The molecule has 0 aliphatic heterocycles. The Bertz CT molecular complexity index is 1130. The van der Waals surface area contributed by atoms with Crippen LogP contribution in [0, 0.1) is 11.6 Å². The molecule has 0 atom stereocenters. The minimum Gasteiger partial charge on any atom is -0.454 e. The Morgan fingerprint density at radius 2 is 2.00 bits per heavy atom. The van der Waals surface area contributed by atoms with Crippen LogP contribution >= 0.6 is 11.3 Å². The van der Waals surface area contributed by atoms with Crippen LogP contribution in [-0.4, -0.2) is 18.3 Å². The van der Waals surface area contributed by atoms with Gasteiger partial charge in [0.1, 0.15) is 17.1 Å². The molecular weight excluding hydrogens is 370 g/mol. The molecule has 0 saturated heterocycles. The number of benzene rings is 2. The first-order valence-electron chi connectivity index (χ1n) is 8.32. The molecule has 0 amide bonds. The zero-order valence-corrected chi connectivity index (χ0v) is 15.3. The molecule has 0 aliphatic carbocycles. The number of hydrogen-bond acceptors (Lipinski definition) is 4. The molecule has 0 unspecified atom stereocenters. The summed E-state index contributed by atoms with van der Waals surface area (Å²) in [5.74, 6) is -0.635. The summed E-state index contributed by atoms with van der Waals surface area (Å²) >= 11 is 1.36. The number of furan rings is 1. The topological polar surface area (TPSA) is 39.7 Å². The van der Waals surface area contributed by atoms with Crippen LogP contribution in [0.1, 0.15) is 0 Å². The molecule has 27 heavy (non-hydrogen) atoms. The molecule has 4 aromatic rings. The van der Waals surface area contributed by atoms with Crippen LogP contribution in [0.2, 0.25) is 0 Å². The number of fused-ring (bicyclic) bond motifs is 1. The van der Waals surface area contributed by atoms with Crippen LogP contribution < -0.4 is 4.80 Å². The van der Waals surface area contributed by atoms with E-state index >= 15 is 0 Å². The van der Waals surface area contributed by atoms with E-state index in [2.05, 4.69) is 4.99 Å². The molecule has 0 fully saturated rings. The van der Waals surface area contributed by atoms with Gasteiger partial charge in [0, 0.05) is 30.5 Å². The number of rotatable bonds is 5. The number of methoxy groups -OCH3 is 1. The van der Waals surface area contributed by atoms with Gasteiger partial charge < -0.3 is 13.7 Å². The highest BCUT2D eigenvalue weighted by Crippen LogP contribution is 2.28. The molecule has 0 bridgehead atoms. The van der Waals surface area contributed by atoms with E-state index in [0.29, 0.717) is 23.7 Å². The normalized spacial score (nSPS) is 12.2. The minimum absolute atomic E-state index is 0.0839. The lowest BCUT2D eigenvalue weighted by Gasteiger charge is -2.06. The molecule has 0 aliphatic rings. The predicted octanol–water partition coefficient (Wildman–Crippen LogP) is 5.12. The Morgan fingerprint density at radius 1 is 1.15 bits per heavy atom. The number of nitrogens with zero attached hydrogens (tertiary/aromatic N) is 2. The van der Waals surface area contributed by atoms with Crippen molar-refractivity contribution in [1.29, 1.82) is 0 Å². The number of ether oxygens (including phenoxy) is 1. The zero-order valence-electron chi connectivity index (χ0n) is 14.5. The Balaban J connectivity index is 1.84. The fourth-order valence-electron chi connectivity index (χ4n) is 2.80. The van der Waals surface area contributed by atoms with Gasteiger partial charge in [-0.25, -0.2) is 13.8 Å². The van der Waals surface area contributed by atoms with Crippen LogP contribution in [0.4, 0.5) is 14.5 Å². The summed E-state index contributed by atoms with van der Waals surface area (Å²) in [5, 5.41) is 2.91. The molecule has 138 valence electrons. The lowest BCUT2D eigenvalue weighted by atomic mass is 10.2. The molecule has 4 rings (SSSR count). The third kappa shape index (κ3) is 3.56. The van der Waals surface area contributed by atoms with Crippen molar-refractivity contribution in [3.05, 3.63) is 70.3 Å². The highest BCUT2D eigenvalue weighted by Gasteiger charge is 2.13. The number of thiazole rings is 1. The third-order valence-electron chi connectivity index (χ3n) is 4.12. The number of hydrogen-bond donors (Lipinski definition) is 0. The number of para-hydroxylation sites is 1. The van der Waals surface area contributed by atoms with Crippen LogP contribution in [0.15, 0.2) is 63.3 Å². The maximum Gasteiger partial charge on any atom is 0.190 e. The lowest BCUT2D eigenvalue weighted by Crippen LogP contribution is -2.18. The van der Waals surface area contributed by atoms with Gasteiger partial charge in [0.2, 0.25) is 0 Å². The van der Waals surface area contributed by atoms with E-state index in [9.17, 15) is 8.78 Å². The molecule has 2 aromatic carbocycles. The second kappa shape index (κ2) is 7.46. The second-order valence-electron chi connectivity index (χ2n) is 5.90. The van der Waals surface area contributed by atoms with Crippen LogP contribution in [0.25, 0.3) is 22.4 Å². The molecular formula is C20H16F2N2O2S. The zero-order chi connectivity index (χ0) is 18.8. The summed E-state index contributed by atoms with van der Waals surface area (Å²) in [6, 6.07) is 13.1. The predicted molar refractivity (Wildman–Crippen MR) is 101 cm³/mol. The molecule has 0 saturated carbocycles. The molecule has 0 radical (unpaired) electrons.